The summed E-state index contributed by atoms with van der Waals surface area (Å²) < 4.78 is 0. The van der Waals surface area contributed by atoms with Gasteiger partial charge in [-0.15, -0.1) is 5.11 Å². The molecule has 1 atom stereocenters. The second-order valence-corrected chi connectivity index (χ2v) is 2.72. The normalized spacial score (nSPS) is 18.7. The Kier molecular flexibility index (Phi) is 2.02. The highest BCUT2D eigenvalue weighted by atomic mass is 16.6. The van der Waals surface area contributed by atoms with E-state index in [1.807, 2.05) is 0 Å². The van der Waals surface area contributed by atoms with Gasteiger partial charge in [0.25, 0.3) is 5.69 Å². The van der Waals surface area contributed by atoms with E-state index in [1.165, 1.54) is 18.5 Å². The van der Waals surface area contributed by atoms with Crippen LogP contribution in [0.1, 0.15) is 11.7 Å². The number of non-ortho nitro benzene ring substituents is 1. The number of aliphatic imine (C=N–C) groups is 1. The third-order valence-corrected chi connectivity index (χ3v) is 1.84. The van der Waals surface area contributed by atoms with Gasteiger partial charge in [0, 0.05) is 17.7 Å². The number of hydrogen-bond acceptors (Lipinski definition) is 5. The molecule has 0 fully saturated rings. The molecule has 0 aliphatic carbocycles. The molecular formula is C8H6N4O2. The zero-order valence-corrected chi connectivity index (χ0v) is 7.07. The van der Waals surface area contributed by atoms with Crippen LogP contribution in [0.2, 0.25) is 0 Å². The number of rotatable bonds is 2. The highest BCUT2D eigenvalue weighted by molar-refractivity contribution is 5.57. The second kappa shape index (κ2) is 3.33. The zero-order valence-electron chi connectivity index (χ0n) is 7.07. The maximum Gasteiger partial charge on any atom is 0.269 e. The maximum absolute atomic E-state index is 10.4. The molecule has 0 bridgehead atoms. The minimum Gasteiger partial charge on any atom is -0.258 e. The van der Waals surface area contributed by atoms with Crippen molar-refractivity contribution in [3.63, 3.8) is 0 Å². The predicted molar refractivity (Wildman–Crippen MR) is 49.2 cm³/mol. The first-order valence-electron chi connectivity index (χ1n) is 3.93. The second-order valence-electron chi connectivity index (χ2n) is 2.72. The van der Waals surface area contributed by atoms with Crippen molar-refractivity contribution < 1.29 is 4.92 Å². The Balaban J connectivity index is 2.25. The van der Waals surface area contributed by atoms with Crippen LogP contribution in [0.4, 0.5) is 5.69 Å². The minimum absolute atomic E-state index is 0.0627. The lowest BCUT2D eigenvalue weighted by Gasteiger charge is -2.01. The molecule has 0 unspecified atom stereocenters. The molecule has 70 valence electrons. The van der Waals surface area contributed by atoms with Gasteiger partial charge >= 0.3 is 0 Å². The van der Waals surface area contributed by atoms with Crippen molar-refractivity contribution in [2.75, 3.05) is 0 Å². The molecule has 1 aliphatic rings. The Labute approximate surface area is 79.2 Å². The highest BCUT2D eigenvalue weighted by Gasteiger charge is 2.12. The van der Waals surface area contributed by atoms with E-state index in [9.17, 15) is 10.1 Å². The van der Waals surface area contributed by atoms with Crippen LogP contribution in [0.5, 0.6) is 0 Å². The van der Waals surface area contributed by atoms with Gasteiger partial charge in [0.15, 0.2) is 6.17 Å². The van der Waals surface area contributed by atoms with Gasteiger partial charge in [-0.05, 0) is 12.1 Å². The Morgan fingerprint density at radius 3 is 2.50 bits per heavy atom. The van der Waals surface area contributed by atoms with Gasteiger partial charge in [0.1, 0.15) is 6.34 Å². The summed E-state index contributed by atoms with van der Waals surface area (Å²) in [5, 5.41) is 17.8. The number of azo groups is 1. The van der Waals surface area contributed by atoms with Crippen LogP contribution in [-0.4, -0.2) is 11.3 Å². The van der Waals surface area contributed by atoms with Gasteiger partial charge in [-0.1, -0.05) is 0 Å². The molecule has 14 heavy (non-hydrogen) atoms. The van der Waals surface area contributed by atoms with Crippen LogP contribution in [-0.2, 0) is 0 Å². The van der Waals surface area contributed by atoms with Crippen molar-refractivity contribution in [1.29, 1.82) is 0 Å². The molecule has 1 heterocycles. The van der Waals surface area contributed by atoms with Crippen molar-refractivity contribution in [3.05, 3.63) is 39.9 Å². The van der Waals surface area contributed by atoms with Gasteiger partial charge in [-0.3, -0.25) is 10.1 Å². The first-order valence-corrected chi connectivity index (χ1v) is 3.93. The largest absolute Gasteiger partial charge is 0.269 e. The number of nitrogens with zero attached hydrogens (tertiary/aromatic N) is 4. The smallest absolute Gasteiger partial charge is 0.258 e. The lowest BCUT2D eigenvalue weighted by Crippen LogP contribution is -1.91. The maximum atomic E-state index is 10.4. The standard InChI is InChI=1S/C8H6N4O2/c13-12(14)7-3-1-6(2-4-7)8-9-5-10-11-8/h1-5,8H/t8-/m0/s1. The van der Waals surface area contributed by atoms with E-state index in [1.54, 1.807) is 12.1 Å². The first kappa shape index (κ1) is 8.49. The molecule has 2 rings (SSSR count). The summed E-state index contributed by atoms with van der Waals surface area (Å²) in [5.74, 6) is 0. The van der Waals surface area contributed by atoms with Gasteiger partial charge in [-0.2, -0.15) is 5.11 Å². The SMILES string of the molecule is O=[N+]([O-])c1ccc([C@H]2N=CN=N2)cc1. The molecule has 0 spiro atoms. The van der Waals surface area contributed by atoms with Crippen molar-refractivity contribution >= 4 is 12.0 Å². The van der Waals surface area contributed by atoms with Gasteiger partial charge < -0.3 is 0 Å². The van der Waals surface area contributed by atoms with Crippen LogP contribution in [0.15, 0.2) is 39.5 Å². The summed E-state index contributed by atoms with van der Waals surface area (Å²) in [4.78, 5) is 13.9. The Morgan fingerprint density at radius 1 is 1.29 bits per heavy atom. The lowest BCUT2D eigenvalue weighted by molar-refractivity contribution is -0.384. The summed E-state index contributed by atoms with van der Waals surface area (Å²) in [6.45, 7) is 0. The summed E-state index contributed by atoms with van der Waals surface area (Å²) in [7, 11) is 0. The first-order chi connectivity index (χ1) is 6.77. The topological polar surface area (TPSA) is 80.2 Å². The van der Waals surface area contributed by atoms with E-state index >= 15 is 0 Å². The molecule has 0 saturated heterocycles. The van der Waals surface area contributed by atoms with Crippen molar-refractivity contribution in [1.82, 2.24) is 0 Å². The van der Waals surface area contributed by atoms with E-state index in [0.717, 1.165) is 5.56 Å². The van der Waals surface area contributed by atoms with Gasteiger partial charge in [0.05, 0.1) is 4.92 Å². The van der Waals surface area contributed by atoms with E-state index in [2.05, 4.69) is 15.2 Å². The molecule has 0 aromatic heterocycles. The van der Waals surface area contributed by atoms with E-state index in [4.69, 9.17) is 0 Å². The molecule has 0 amide bonds. The fraction of sp³-hybridized carbons (Fsp3) is 0.125. The zero-order chi connectivity index (χ0) is 9.97. The lowest BCUT2D eigenvalue weighted by atomic mass is 10.2. The molecule has 1 aromatic rings. The summed E-state index contributed by atoms with van der Waals surface area (Å²) in [6, 6.07) is 6.12. The van der Waals surface area contributed by atoms with Crippen LogP contribution in [0.25, 0.3) is 0 Å². The van der Waals surface area contributed by atoms with E-state index in [-0.39, 0.29) is 11.9 Å². The number of benzene rings is 1. The van der Waals surface area contributed by atoms with Crippen LogP contribution >= 0.6 is 0 Å². The molecule has 6 heteroatoms. The number of nitro groups is 1. The molecule has 0 N–H and O–H groups in total. The van der Waals surface area contributed by atoms with E-state index in [0.29, 0.717) is 0 Å². The molecule has 1 aliphatic heterocycles. The monoisotopic (exact) mass is 190 g/mol. The van der Waals surface area contributed by atoms with Gasteiger partial charge in [0.2, 0.25) is 0 Å². The van der Waals surface area contributed by atoms with E-state index < -0.39 is 4.92 Å². The molecule has 1 aromatic carbocycles. The quantitative estimate of drug-likeness (QED) is 0.528. The van der Waals surface area contributed by atoms with Crippen LogP contribution in [0.3, 0.4) is 0 Å². The Morgan fingerprint density at radius 2 is 2.00 bits per heavy atom. The third-order valence-electron chi connectivity index (χ3n) is 1.84. The highest BCUT2D eigenvalue weighted by Crippen LogP contribution is 2.23. The van der Waals surface area contributed by atoms with Crippen molar-refractivity contribution in [2.24, 2.45) is 15.2 Å². The van der Waals surface area contributed by atoms with Crippen molar-refractivity contribution in [2.45, 2.75) is 6.17 Å². The summed E-state index contributed by atoms with van der Waals surface area (Å²) in [6.07, 6.45) is 1.03. The molecule has 0 radical (unpaired) electrons. The number of hydrogen-bond donors (Lipinski definition) is 0. The molecule has 0 saturated carbocycles. The predicted octanol–water partition coefficient (Wildman–Crippen LogP) is 2.09. The van der Waals surface area contributed by atoms with Crippen LogP contribution < -0.4 is 0 Å². The van der Waals surface area contributed by atoms with Gasteiger partial charge in [-0.25, -0.2) is 4.99 Å². The average Bonchev–Trinajstić information content (AvgIpc) is 2.71. The van der Waals surface area contributed by atoms with Crippen molar-refractivity contribution in [3.8, 4) is 0 Å². The Hall–Kier alpha value is -2.11. The fourth-order valence-electron chi connectivity index (χ4n) is 1.14. The Bertz CT molecular complexity index is 398. The third kappa shape index (κ3) is 1.49. The summed E-state index contributed by atoms with van der Waals surface area (Å²) >= 11 is 0. The van der Waals surface area contributed by atoms with Crippen LogP contribution in [0, 0.1) is 10.1 Å². The summed E-state index contributed by atoms with van der Waals surface area (Å²) in [5.41, 5.74) is 0.862. The number of nitro benzene ring substituents is 1. The molecular weight excluding hydrogens is 184 g/mol. The fourth-order valence-corrected chi connectivity index (χ4v) is 1.14. The molecule has 6 nitrogen and oxygen atoms in total. The average molecular weight is 190 g/mol. The minimum atomic E-state index is -0.441.